The van der Waals surface area contributed by atoms with Crippen LogP contribution in [0.15, 0.2) is 108 Å². The zero-order valence-electron chi connectivity index (χ0n) is 16.7. The molecule has 0 aliphatic carbocycles. The monoisotopic (exact) mass is 441 g/mol. The van der Waals surface area contributed by atoms with Crippen LogP contribution in [0, 0.1) is 13.8 Å². The summed E-state index contributed by atoms with van der Waals surface area (Å²) < 4.78 is 1.10. The molecule has 0 bridgehead atoms. The highest BCUT2D eigenvalue weighted by Gasteiger charge is 2.36. The lowest BCUT2D eigenvalue weighted by atomic mass is 9.76. The topological polar surface area (TPSA) is 12.0 Å². The number of rotatable bonds is 5. The average Bonchev–Trinajstić information content (AvgIpc) is 2.75. The highest BCUT2D eigenvalue weighted by Crippen LogP contribution is 2.41. The second kappa shape index (κ2) is 8.26. The van der Waals surface area contributed by atoms with Crippen molar-refractivity contribution in [3.8, 4) is 0 Å². The van der Waals surface area contributed by atoms with Crippen LogP contribution in [-0.2, 0) is 5.54 Å². The van der Waals surface area contributed by atoms with Crippen molar-refractivity contribution in [2.75, 3.05) is 5.32 Å². The molecule has 0 spiro atoms. The van der Waals surface area contributed by atoms with Crippen LogP contribution in [0.4, 0.5) is 5.69 Å². The summed E-state index contributed by atoms with van der Waals surface area (Å²) in [6, 6.07) is 36.4. The Bertz CT molecular complexity index is 970. The third-order valence-corrected chi connectivity index (χ3v) is 5.89. The second-order valence-corrected chi connectivity index (χ2v) is 8.30. The maximum absolute atomic E-state index is 3.98. The Morgan fingerprint density at radius 1 is 0.586 bits per heavy atom. The van der Waals surface area contributed by atoms with E-state index in [0.717, 1.165) is 10.2 Å². The van der Waals surface area contributed by atoms with Crippen molar-refractivity contribution in [3.05, 3.63) is 135 Å². The summed E-state index contributed by atoms with van der Waals surface area (Å²) in [5, 5.41) is 3.98. The van der Waals surface area contributed by atoms with Crippen LogP contribution in [0.2, 0.25) is 0 Å². The van der Waals surface area contributed by atoms with Crippen LogP contribution >= 0.6 is 15.9 Å². The second-order valence-electron chi connectivity index (χ2n) is 7.39. The Morgan fingerprint density at radius 3 is 1.28 bits per heavy atom. The van der Waals surface area contributed by atoms with Crippen LogP contribution in [0.1, 0.15) is 27.8 Å². The van der Waals surface area contributed by atoms with E-state index in [1.54, 1.807) is 0 Å². The van der Waals surface area contributed by atoms with E-state index in [1.807, 2.05) is 0 Å². The molecule has 0 heterocycles. The lowest BCUT2D eigenvalue weighted by molar-refractivity contribution is 0.709. The molecule has 0 unspecified atom stereocenters. The lowest BCUT2D eigenvalue weighted by Gasteiger charge is -2.39. The third kappa shape index (κ3) is 3.73. The molecule has 0 aliphatic rings. The van der Waals surface area contributed by atoms with Gasteiger partial charge in [-0.2, -0.15) is 0 Å². The van der Waals surface area contributed by atoms with Crippen molar-refractivity contribution < 1.29 is 0 Å². The molecule has 0 saturated heterocycles. The normalized spacial score (nSPS) is 11.3. The van der Waals surface area contributed by atoms with Crippen LogP contribution in [0.5, 0.6) is 0 Å². The molecule has 0 aliphatic heterocycles. The number of hydrogen-bond acceptors (Lipinski definition) is 1. The minimum Gasteiger partial charge on any atom is -0.367 e. The first-order valence-corrected chi connectivity index (χ1v) is 10.6. The number of anilines is 1. The zero-order valence-corrected chi connectivity index (χ0v) is 18.3. The van der Waals surface area contributed by atoms with Crippen molar-refractivity contribution in [3.63, 3.8) is 0 Å². The van der Waals surface area contributed by atoms with Crippen molar-refractivity contribution in [2.45, 2.75) is 19.4 Å². The fraction of sp³-hybridized carbons (Fsp3) is 0.111. The molecule has 4 aromatic rings. The van der Waals surface area contributed by atoms with Gasteiger partial charge in [-0.25, -0.2) is 0 Å². The van der Waals surface area contributed by atoms with Gasteiger partial charge in [0, 0.05) is 10.2 Å². The molecule has 4 rings (SSSR count). The molecule has 4 aromatic carbocycles. The maximum atomic E-state index is 3.98. The summed E-state index contributed by atoms with van der Waals surface area (Å²) in [4.78, 5) is 0. The maximum Gasteiger partial charge on any atom is 0.114 e. The molecule has 0 aromatic heterocycles. The number of aryl methyl sites for hydroxylation is 2. The van der Waals surface area contributed by atoms with E-state index >= 15 is 0 Å². The van der Waals surface area contributed by atoms with Crippen LogP contribution < -0.4 is 5.32 Å². The van der Waals surface area contributed by atoms with E-state index in [9.17, 15) is 0 Å². The Balaban J connectivity index is 2.04. The Kier molecular flexibility index (Phi) is 5.55. The van der Waals surface area contributed by atoms with Crippen molar-refractivity contribution >= 4 is 21.6 Å². The fourth-order valence-electron chi connectivity index (χ4n) is 4.08. The number of nitrogens with one attached hydrogen (secondary N) is 1. The molecule has 0 atom stereocenters. The van der Waals surface area contributed by atoms with Crippen LogP contribution in [-0.4, -0.2) is 0 Å². The van der Waals surface area contributed by atoms with E-state index in [0.29, 0.717) is 0 Å². The highest BCUT2D eigenvalue weighted by molar-refractivity contribution is 9.10. The Morgan fingerprint density at radius 2 is 0.931 bits per heavy atom. The summed E-state index contributed by atoms with van der Waals surface area (Å²) in [6.07, 6.45) is 0. The predicted molar refractivity (Wildman–Crippen MR) is 126 cm³/mol. The molecule has 0 amide bonds. The van der Waals surface area contributed by atoms with Crippen LogP contribution in [0.3, 0.4) is 0 Å². The molecule has 144 valence electrons. The molecular weight excluding hydrogens is 418 g/mol. The summed E-state index contributed by atoms with van der Waals surface area (Å²) in [7, 11) is 0. The first-order valence-electron chi connectivity index (χ1n) is 9.83. The fourth-order valence-corrected chi connectivity index (χ4v) is 4.76. The average molecular weight is 442 g/mol. The van der Waals surface area contributed by atoms with Crippen molar-refractivity contribution in [1.82, 2.24) is 0 Å². The smallest absolute Gasteiger partial charge is 0.114 e. The first kappa shape index (κ1) is 19.5. The summed E-state index contributed by atoms with van der Waals surface area (Å²) in [5.41, 5.74) is 6.70. The van der Waals surface area contributed by atoms with Gasteiger partial charge in [-0.05, 0) is 53.8 Å². The minimum atomic E-state index is -0.507. The van der Waals surface area contributed by atoms with Gasteiger partial charge in [0.2, 0.25) is 0 Å². The quantitative estimate of drug-likeness (QED) is 0.316. The van der Waals surface area contributed by atoms with Crippen molar-refractivity contribution in [1.29, 1.82) is 0 Å². The van der Waals surface area contributed by atoms with Gasteiger partial charge in [-0.15, -0.1) is 0 Å². The Labute approximate surface area is 181 Å². The van der Waals surface area contributed by atoms with E-state index in [2.05, 4.69) is 138 Å². The first-order chi connectivity index (χ1) is 14.1. The summed E-state index contributed by atoms with van der Waals surface area (Å²) >= 11 is 3.63. The van der Waals surface area contributed by atoms with E-state index in [4.69, 9.17) is 0 Å². The SMILES string of the molecule is Cc1cc(Br)cc(C)c1NC(c1ccccc1)(c1ccccc1)c1ccccc1. The molecule has 29 heavy (non-hydrogen) atoms. The van der Waals surface area contributed by atoms with E-state index in [-0.39, 0.29) is 0 Å². The van der Waals surface area contributed by atoms with Gasteiger partial charge < -0.3 is 5.32 Å². The largest absolute Gasteiger partial charge is 0.367 e. The molecular formula is C27H24BrN. The summed E-state index contributed by atoms with van der Waals surface area (Å²) in [5.74, 6) is 0. The highest BCUT2D eigenvalue weighted by atomic mass is 79.9. The predicted octanol–water partition coefficient (Wildman–Crippen LogP) is 7.47. The molecule has 0 radical (unpaired) electrons. The number of halogens is 1. The minimum absolute atomic E-state index is 0.507. The van der Waals surface area contributed by atoms with Gasteiger partial charge in [0.15, 0.2) is 0 Å². The number of benzene rings is 4. The van der Waals surface area contributed by atoms with Gasteiger partial charge in [-0.1, -0.05) is 107 Å². The van der Waals surface area contributed by atoms with Gasteiger partial charge in [0.05, 0.1) is 0 Å². The zero-order chi connectivity index (χ0) is 20.3. The molecule has 0 fully saturated rings. The van der Waals surface area contributed by atoms with Gasteiger partial charge in [0.1, 0.15) is 5.54 Å². The van der Waals surface area contributed by atoms with E-state index in [1.165, 1.54) is 27.8 Å². The van der Waals surface area contributed by atoms with Crippen molar-refractivity contribution in [2.24, 2.45) is 0 Å². The summed E-state index contributed by atoms with van der Waals surface area (Å²) in [6.45, 7) is 4.32. The van der Waals surface area contributed by atoms with E-state index < -0.39 is 5.54 Å². The van der Waals surface area contributed by atoms with Gasteiger partial charge >= 0.3 is 0 Å². The third-order valence-electron chi connectivity index (χ3n) is 5.43. The molecule has 2 heteroatoms. The van der Waals surface area contributed by atoms with Crippen LogP contribution in [0.25, 0.3) is 0 Å². The van der Waals surface area contributed by atoms with Gasteiger partial charge in [0.25, 0.3) is 0 Å². The standard InChI is InChI=1S/C27H24BrN/c1-20-18-25(28)19-21(2)26(20)29-27(22-12-6-3-7-13-22,23-14-8-4-9-15-23)24-16-10-5-11-17-24/h3-19,29H,1-2H3. The van der Waals surface area contributed by atoms with Gasteiger partial charge in [-0.3, -0.25) is 0 Å². The molecule has 1 N–H and O–H groups in total. The Hall–Kier alpha value is -2.84. The molecule has 1 nitrogen and oxygen atoms in total. The lowest BCUT2D eigenvalue weighted by Crippen LogP contribution is -2.38. The molecule has 0 saturated carbocycles. The number of hydrogen-bond donors (Lipinski definition) is 1.